The molecule has 0 spiro atoms. The van der Waals surface area contributed by atoms with E-state index in [0.29, 0.717) is 13.2 Å². The molecule has 0 atom stereocenters. The lowest BCUT2D eigenvalue weighted by Crippen LogP contribution is -2.14. The summed E-state index contributed by atoms with van der Waals surface area (Å²) in [7, 11) is 0.102. The average Bonchev–Trinajstić information content (AvgIpc) is 2.75. The zero-order valence-corrected chi connectivity index (χ0v) is 18.2. The highest BCUT2D eigenvalue weighted by atomic mass is 31.1. The van der Waals surface area contributed by atoms with Crippen molar-refractivity contribution in [1.82, 2.24) is 0 Å². The first kappa shape index (κ1) is 24.5. The van der Waals surface area contributed by atoms with Crippen LogP contribution in [0.4, 0.5) is 0 Å². The molecular formula is C23H29O5P. The van der Waals surface area contributed by atoms with Gasteiger partial charge in [-0.15, -0.1) is 0 Å². The number of hydrogen-bond donors (Lipinski definition) is 0. The Bertz CT molecular complexity index is 730. The van der Waals surface area contributed by atoms with Crippen LogP contribution in [0, 0.1) is 6.92 Å². The molecule has 0 unspecified atom stereocenters. The first-order valence-corrected chi connectivity index (χ1v) is 10.7. The van der Waals surface area contributed by atoms with E-state index in [2.05, 4.69) is 0 Å². The fraction of sp³-hybridized carbons (Fsp3) is 0.391. The molecule has 5 nitrogen and oxygen atoms in total. The van der Waals surface area contributed by atoms with E-state index in [-0.39, 0.29) is 19.6 Å². The van der Waals surface area contributed by atoms with Gasteiger partial charge in [-0.2, -0.15) is 0 Å². The van der Waals surface area contributed by atoms with Crippen molar-refractivity contribution in [2.45, 2.75) is 46.5 Å². The number of rotatable bonds is 9. The van der Waals surface area contributed by atoms with Gasteiger partial charge in [0.05, 0.1) is 24.3 Å². The monoisotopic (exact) mass is 416 g/mol. The first-order chi connectivity index (χ1) is 14.0. The van der Waals surface area contributed by atoms with Crippen LogP contribution in [0.5, 0.6) is 0 Å². The van der Waals surface area contributed by atoms with Gasteiger partial charge >= 0.3 is 11.9 Å². The summed E-state index contributed by atoms with van der Waals surface area (Å²) >= 11 is 0. The van der Waals surface area contributed by atoms with E-state index in [4.69, 9.17) is 9.47 Å². The maximum atomic E-state index is 11.9. The third-order valence-electron chi connectivity index (χ3n) is 3.97. The molecule has 2 aromatic carbocycles. The van der Waals surface area contributed by atoms with Gasteiger partial charge in [-0.1, -0.05) is 56.5 Å². The predicted molar refractivity (Wildman–Crippen MR) is 115 cm³/mol. The van der Waals surface area contributed by atoms with Gasteiger partial charge in [-0.05, 0) is 44.0 Å². The van der Waals surface area contributed by atoms with E-state index < -0.39 is 11.9 Å². The molecule has 6 heteroatoms. The minimum atomic E-state index is -0.471. The van der Waals surface area contributed by atoms with Crippen molar-refractivity contribution in [3.63, 3.8) is 0 Å². The van der Waals surface area contributed by atoms with Gasteiger partial charge in [0, 0.05) is 5.30 Å². The molecule has 0 N–H and O–H groups in total. The Hall–Kier alpha value is -2.52. The fourth-order valence-electron chi connectivity index (χ4n) is 2.22. The van der Waals surface area contributed by atoms with E-state index in [1.807, 2.05) is 45.0 Å². The van der Waals surface area contributed by atoms with E-state index in [1.165, 1.54) is 5.56 Å². The predicted octanol–water partition coefficient (Wildman–Crippen LogP) is 5.51. The summed E-state index contributed by atoms with van der Waals surface area (Å²) < 4.78 is 20.5. The number of carbonyl (C=O) groups excluding carboxylic acids is 2. The smallest absolute Gasteiger partial charge is 0.339 e. The zero-order valence-electron chi connectivity index (χ0n) is 17.3. The molecule has 2 rings (SSSR count). The van der Waals surface area contributed by atoms with Gasteiger partial charge < -0.3 is 9.47 Å². The second kappa shape index (κ2) is 14.5. The SMILES string of the molecule is CCCCOC(=O)c1ccccc1C(=O)OCCCC.Cc1ccc(P=O)cc1. The van der Waals surface area contributed by atoms with Crippen molar-refractivity contribution in [3.8, 4) is 0 Å². The van der Waals surface area contributed by atoms with Gasteiger partial charge in [0.25, 0.3) is 0 Å². The Morgan fingerprint density at radius 1 is 0.793 bits per heavy atom. The molecule has 0 bridgehead atoms. The highest BCUT2D eigenvalue weighted by Crippen LogP contribution is 2.12. The van der Waals surface area contributed by atoms with Crippen LogP contribution in [-0.4, -0.2) is 25.2 Å². The van der Waals surface area contributed by atoms with Crippen LogP contribution in [-0.2, 0) is 14.0 Å². The molecule has 0 aliphatic carbocycles. The largest absolute Gasteiger partial charge is 0.462 e. The Kier molecular flexibility index (Phi) is 12.2. The number of carbonyl (C=O) groups is 2. The Morgan fingerprint density at radius 3 is 1.62 bits per heavy atom. The van der Waals surface area contributed by atoms with E-state index in [0.717, 1.165) is 31.0 Å². The molecule has 0 aliphatic heterocycles. The van der Waals surface area contributed by atoms with Crippen LogP contribution in [0.25, 0.3) is 0 Å². The Balaban J connectivity index is 0.000000387. The number of benzene rings is 2. The quantitative estimate of drug-likeness (QED) is 0.306. The minimum Gasteiger partial charge on any atom is -0.462 e. The van der Waals surface area contributed by atoms with Crippen molar-refractivity contribution >= 4 is 25.7 Å². The molecule has 2 aromatic rings. The molecule has 0 saturated heterocycles. The summed E-state index contributed by atoms with van der Waals surface area (Å²) in [6.45, 7) is 6.79. The maximum Gasteiger partial charge on any atom is 0.339 e. The second-order valence-electron chi connectivity index (χ2n) is 6.45. The highest BCUT2D eigenvalue weighted by molar-refractivity contribution is 7.34. The van der Waals surface area contributed by atoms with Crippen molar-refractivity contribution < 1.29 is 23.6 Å². The van der Waals surface area contributed by atoms with Crippen LogP contribution in [0.1, 0.15) is 65.8 Å². The van der Waals surface area contributed by atoms with Crippen LogP contribution >= 0.6 is 8.46 Å². The van der Waals surface area contributed by atoms with Gasteiger partial charge in [-0.3, -0.25) is 4.57 Å². The van der Waals surface area contributed by atoms with Crippen LogP contribution in [0.3, 0.4) is 0 Å². The van der Waals surface area contributed by atoms with E-state index in [9.17, 15) is 14.2 Å². The lowest BCUT2D eigenvalue weighted by Gasteiger charge is -2.09. The number of hydrogen-bond acceptors (Lipinski definition) is 5. The summed E-state index contributed by atoms with van der Waals surface area (Å²) in [5.41, 5.74) is 1.73. The average molecular weight is 416 g/mol. The third-order valence-corrected chi connectivity index (χ3v) is 4.48. The molecule has 29 heavy (non-hydrogen) atoms. The standard InChI is InChI=1S/C16H22O4.C7H7OP/c1-3-5-11-19-15(17)13-9-7-8-10-14(13)16(18)20-12-6-4-2;1-6-2-4-7(9-8)5-3-6/h7-10H,3-6,11-12H2,1-2H3;2-5H,1H3. The number of aryl methyl sites for hydroxylation is 1. The molecular weight excluding hydrogens is 387 g/mol. The normalized spacial score (nSPS) is 10.0. The second-order valence-corrected chi connectivity index (χ2v) is 7.15. The molecule has 0 radical (unpaired) electrons. The van der Waals surface area contributed by atoms with Crippen molar-refractivity contribution in [2.75, 3.05) is 13.2 Å². The molecule has 0 amide bonds. The molecule has 156 valence electrons. The van der Waals surface area contributed by atoms with Crippen LogP contribution in [0.15, 0.2) is 48.5 Å². The topological polar surface area (TPSA) is 69.7 Å². The summed E-state index contributed by atoms with van der Waals surface area (Å²) in [5.74, 6) is -0.942. The van der Waals surface area contributed by atoms with Crippen molar-refractivity contribution in [2.24, 2.45) is 0 Å². The van der Waals surface area contributed by atoms with Gasteiger partial charge in [0.1, 0.15) is 0 Å². The Labute approximate surface area is 174 Å². The van der Waals surface area contributed by atoms with Crippen molar-refractivity contribution in [1.29, 1.82) is 0 Å². The number of ether oxygens (including phenoxy) is 2. The lowest BCUT2D eigenvalue weighted by atomic mass is 10.1. The fourth-order valence-corrected chi connectivity index (χ4v) is 2.49. The molecule has 0 saturated carbocycles. The third kappa shape index (κ3) is 9.49. The van der Waals surface area contributed by atoms with Crippen LogP contribution in [0.2, 0.25) is 0 Å². The summed E-state index contributed by atoms with van der Waals surface area (Å²) in [6.07, 6.45) is 3.53. The van der Waals surface area contributed by atoms with Crippen LogP contribution < -0.4 is 5.30 Å². The highest BCUT2D eigenvalue weighted by Gasteiger charge is 2.18. The van der Waals surface area contributed by atoms with E-state index >= 15 is 0 Å². The summed E-state index contributed by atoms with van der Waals surface area (Å²) in [5, 5.41) is 0.834. The number of esters is 2. The van der Waals surface area contributed by atoms with Crippen molar-refractivity contribution in [3.05, 3.63) is 65.2 Å². The molecule has 0 aromatic heterocycles. The number of unbranched alkanes of at least 4 members (excludes halogenated alkanes) is 2. The Morgan fingerprint density at radius 2 is 1.24 bits per heavy atom. The summed E-state index contributed by atoms with van der Waals surface area (Å²) in [4.78, 5) is 23.9. The van der Waals surface area contributed by atoms with Gasteiger partial charge in [0.2, 0.25) is 0 Å². The lowest BCUT2D eigenvalue weighted by molar-refractivity contribution is 0.0452. The maximum absolute atomic E-state index is 11.9. The minimum absolute atomic E-state index is 0.102. The molecule has 0 aliphatic rings. The molecule has 0 heterocycles. The first-order valence-electron chi connectivity index (χ1n) is 9.86. The summed E-state index contributed by atoms with van der Waals surface area (Å²) in [6, 6.07) is 14.2. The molecule has 0 fully saturated rings. The van der Waals surface area contributed by atoms with Gasteiger partial charge in [0.15, 0.2) is 8.46 Å². The van der Waals surface area contributed by atoms with E-state index in [1.54, 1.807) is 24.3 Å². The zero-order chi connectivity index (χ0) is 21.5. The van der Waals surface area contributed by atoms with Gasteiger partial charge in [-0.25, -0.2) is 9.59 Å².